The van der Waals surface area contributed by atoms with Crippen LogP contribution in [0.25, 0.3) is 0 Å². The molecule has 0 spiro atoms. The van der Waals surface area contributed by atoms with Crippen molar-refractivity contribution in [3.8, 4) is 0 Å². The van der Waals surface area contributed by atoms with E-state index in [1.54, 1.807) is 13.0 Å². The predicted octanol–water partition coefficient (Wildman–Crippen LogP) is 2.59. The summed E-state index contributed by atoms with van der Waals surface area (Å²) in [4.78, 5) is 11.2. The summed E-state index contributed by atoms with van der Waals surface area (Å²) in [5, 5.41) is 8.00. The maximum Gasteiger partial charge on any atom is 0.219 e. The molecule has 1 atom stereocenters. The van der Waals surface area contributed by atoms with E-state index in [9.17, 15) is 9.90 Å². The Morgan fingerprint density at radius 1 is 1.85 bits per heavy atom. The summed E-state index contributed by atoms with van der Waals surface area (Å²) in [7, 11) is 0. The molecule has 0 aromatic carbocycles. The molecule has 1 aliphatic rings. The average Bonchev–Trinajstić information content (AvgIpc) is 2.30. The van der Waals surface area contributed by atoms with Crippen molar-refractivity contribution < 1.29 is 11.3 Å². The van der Waals surface area contributed by atoms with E-state index in [0.29, 0.717) is 0 Å². The van der Waals surface area contributed by atoms with Crippen molar-refractivity contribution in [1.82, 2.24) is 0 Å². The molecular weight excluding hydrogens is 184 g/mol. The van der Waals surface area contributed by atoms with E-state index in [4.69, 9.17) is 1.37 Å². The van der Waals surface area contributed by atoms with Crippen LogP contribution in [-0.4, -0.2) is 15.4 Å². The number of rotatable bonds is 2. The van der Waals surface area contributed by atoms with Gasteiger partial charge in [-0.2, -0.15) is 0 Å². The van der Waals surface area contributed by atoms with Gasteiger partial charge in [-0.1, -0.05) is 36.1 Å². The zero-order valence-electron chi connectivity index (χ0n) is 8.63. The number of aliphatic hydroxyl groups is 1. The lowest BCUT2D eigenvalue weighted by Gasteiger charge is -2.02. The van der Waals surface area contributed by atoms with Gasteiger partial charge < -0.3 is 5.11 Å². The molecule has 0 saturated heterocycles. The summed E-state index contributed by atoms with van der Waals surface area (Å²) in [5.41, 5.74) is 1.03. The van der Waals surface area contributed by atoms with Gasteiger partial charge in [-0.25, -0.2) is 0 Å². The highest BCUT2D eigenvalue weighted by Gasteiger charge is 2.28. The molecule has 0 amide bonds. The third-order valence-corrected chi connectivity index (χ3v) is 2.80. The van der Waals surface area contributed by atoms with Gasteiger partial charge in [0.1, 0.15) is 5.76 Å². The Labute approximate surface area is 83.4 Å². The maximum absolute atomic E-state index is 11.2. The number of hydrogen-bond acceptors (Lipinski definition) is 3. The van der Waals surface area contributed by atoms with Crippen LogP contribution < -0.4 is 0 Å². The molecule has 3 heteroatoms. The number of aliphatic hydroxyl groups excluding tert-OH is 1. The first-order chi connectivity index (χ1) is 6.40. The fraction of sp³-hybridized carbons (Fsp3) is 0.300. The molecule has 2 nitrogen and oxygen atoms in total. The minimum atomic E-state index is -1.36. The average molecular weight is 198 g/mol. The smallest absolute Gasteiger partial charge is 0.219 e. The molecule has 1 unspecified atom stereocenters. The third kappa shape index (κ3) is 2.04. The van der Waals surface area contributed by atoms with Gasteiger partial charge in [0, 0.05) is 5.57 Å². The van der Waals surface area contributed by atoms with Gasteiger partial charge in [-0.3, -0.25) is 4.79 Å². The van der Waals surface area contributed by atoms with Crippen molar-refractivity contribution in [1.29, 1.82) is 0 Å². The van der Waals surface area contributed by atoms with Crippen molar-refractivity contribution in [3.05, 3.63) is 35.6 Å². The Balaban J connectivity index is 3.12. The first kappa shape index (κ1) is 8.63. The zero-order valence-corrected chi connectivity index (χ0v) is 8.44. The van der Waals surface area contributed by atoms with Gasteiger partial charge in [0.2, 0.25) is 5.12 Å². The molecule has 1 N–H and O–H groups in total. The maximum atomic E-state index is 11.2. The molecular formula is C10H12O2S. The van der Waals surface area contributed by atoms with Crippen LogP contribution in [0.2, 0.25) is 0 Å². The lowest BCUT2D eigenvalue weighted by molar-refractivity contribution is -0.107. The minimum absolute atomic E-state index is 0.172. The normalized spacial score (nSPS) is 30.8. The summed E-state index contributed by atoms with van der Waals surface area (Å²) in [6, 6.07) is 0. The van der Waals surface area contributed by atoms with Crippen LogP contribution in [0.3, 0.4) is 0 Å². The molecule has 0 aromatic heterocycles. The van der Waals surface area contributed by atoms with Crippen LogP contribution in [0.5, 0.6) is 0 Å². The van der Waals surface area contributed by atoms with E-state index < -0.39 is 5.23 Å². The first-order valence-corrected chi connectivity index (χ1v) is 4.68. The van der Waals surface area contributed by atoms with E-state index in [1.807, 2.05) is 0 Å². The number of carbonyl (C=O) groups excluding carboxylic acids is 1. The van der Waals surface area contributed by atoms with E-state index in [0.717, 1.165) is 17.3 Å². The topological polar surface area (TPSA) is 37.3 Å². The number of thioether (sulfide) groups is 1. The predicted molar refractivity (Wildman–Crippen MR) is 55.7 cm³/mol. The molecule has 0 fully saturated rings. The molecule has 0 aromatic rings. The second-order valence-electron chi connectivity index (χ2n) is 2.82. The summed E-state index contributed by atoms with van der Waals surface area (Å²) >= 11 is 0.807. The van der Waals surface area contributed by atoms with E-state index in [1.165, 1.54) is 13.0 Å². The van der Waals surface area contributed by atoms with E-state index in [-0.39, 0.29) is 16.4 Å². The fourth-order valence-corrected chi connectivity index (χ4v) is 1.81. The number of hydrogen-bond donors (Lipinski definition) is 1. The highest BCUT2D eigenvalue weighted by molar-refractivity contribution is 8.15. The summed E-state index contributed by atoms with van der Waals surface area (Å²) < 4.78 is 7.89. The Morgan fingerprint density at radius 2 is 2.46 bits per heavy atom. The molecule has 0 bridgehead atoms. The minimum Gasteiger partial charge on any atom is -0.510 e. The van der Waals surface area contributed by atoms with Crippen molar-refractivity contribution in [2.45, 2.75) is 19.1 Å². The van der Waals surface area contributed by atoms with Crippen LogP contribution >= 0.6 is 11.8 Å². The zero-order chi connectivity index (χ0) is 10.9. The summed E-state index contributed by atoms with van der Waals surface area (Å²) in [6.45, 7) is 6.85. The largest absolute Gasteiger partial charge is 0.510 e. The molecule has 1 aliphatic heterocycles. The van der Waals surface area contributed by atoms with Crippen LogP contribution in [0, 0.1) is 0 Å². The first-order valence-electron chi connectivity index (χ1n) is 4.36. The van der Waals surface area contributed by atoms with Crippen LogP contribution in [0.4, 0.5) is 0 Å². The highest BCUT2D eigenvalue weighted by Crippen LogP contribution is 2.33. The molecule has 0 aliphatic carbocycles. The standard InChI is InChI=1S/C10H12O2S/c1-4-6(2)5-8-9(11)7(3)10(12)13-8/h4-5,8,11H,1H2,2-3H3/b6-5+/i8T. The summed E-state index contributed by atoms with van der Waals surface area (Å²) in [6.07, 6.45) is 3.11. The van der Waals surface area contributed by atoms with Gasteiger partial charge in [0.25, 0.3) is 0 Å². The monoisotopic (exact) mass is 198 g/mol. The van der Waals surface area contributed by atoms with Gasteiger partial charge >= 0.3 is 0 Å². The molecule has 1 heterocycles. The lowest BCUT2D eigenvalue weighted by atomic mass is 10.2. The molecule has 13 heavy (non-hydrogen) atoms. The Kier molecular flexibility index (Phi) is 2.54. The van der Waals surface area contributed by atoms with Crippen molar-refractivity contribution >= 4 is 16.9 Å². The van der Waals surface area contributed by atoms with Gasteiger partial charge in [-0.15, -0.1) is 0 Å². The van der Waals surface area contributed by atoms with Crippen molar-refractivity contribution in [2.75, 3.05) is 0 Å². The highest BCUT2D eigenvalue weighted by atomic mass is 32.2. The Bertz CT molecular complexity index is 357. The number of allylic oxidation sites excluding steroid dienone is 2. The Morgan fingerprint density at radius 3 is 2.85 bits per heavy atom. The third-order valence-electron chi connectivity index (χ3n) is 1.78. The lowest BCUT2D eigenvalue weighted by Crippen LogP contribution is -1.98. The van der Waals surface area contributed by atoms with Crippen LogP contribution in [0.15, 0.2) is 35.6 Å². The molecule has 1 rings (SSSR count). The molecule has 0 saturated carbocycles. The fourth-order valence-electron chi connectivity index (χ4n) is 0.870. The molecule has 70 valence electrons. The van der Waals surface area contributed by atoms with Crippen LogP contribution in [0.1, 0.15) is 15.2 Å². The van der Waals surface area contributed by atoms with E-state index >= 15 is 0 Å². The van der Waals surface area contributed by atoms with Crippen molar-refractivity contribution in [2.24, 2.45) is 0 Å². The van der Waals surface area contributed by atoms with Crippen LogP contribution in [-0.2, 0) is 4.79 Å². The van der Waals surface area contributed by atoms with Gasteiger partial charge in [-0.05, 0) is 13.8 Å². The summed E-state index contributed by atoms with van der Waals surface area (Å²) in [5.74, 6) is -0.172. The van der Waals surface area contributed by atoms with Crippen molar-refractivity contribution in [3.63, 3.8) is 0 Å². The second-order valence-corrected chi connectivity index (χ2v) is 3.83. The van der Waals surface area contributed by atoms with Gasteiger partial charge in [0.05, 0.1) is 6.60 Å². The SMILES string of the molecule is [3H]C1(/C=C(\C)C=C)SC(=O)C(C)=C1O. The van der Waals surface area contributed by atoms with E-state index in [2.05, 4.69) is 6.58 Å². The second kappa shape index (κ2) is 3.83. The molecule has 0 radical (unpaired) electrons. The number of carbonyl (C=O) groups is 1. The Hall–Kier alpha value is -0.960. The van der Waals surface area contributed by atoms with Gasteiger partial charge in [0.15, 0.2) is 0 Å². The quantitative estimate of drug-likeness (QED) is 0.693.